The predicted molar refractivity (Wildman–Crippen MR) is 76.4 cm³/mol. The highest BCUT2D eigenvalue weighted by Gasteiger charge is 2.12. The molecule has 4 heteroatoms. The molecule has 1 atom stereocenters. The van der Waals surface area contributed by atoms with Crippen molar-refractivity contribution in [3.63, 3.8) is 0 Å². The first-order chi connectivity index (χ1) is 9.11. The highest BCUT2D eigenvalue weighted by molar-refractivity contribution is 6.30. The topological polar surface area (TPSA) is 21.3 Å². The molecule has 0 saturated carbocycles. The van der Waals surface area contributed by atoms with Crippen LogP contribution in [0.2, 0.25) is 5.02 Å². The largest absolute Gasteiger partial charge is 0.495 e. The second-order valence-electron chi connectivity index (χ2n) is 4.23. The van der Waals surface area contributed by atoms with Crippen molar-refractivity contribution >= 4 is 17.3 Å². The molecular weight excluding hydrogens is 265 g/mol. The summed E-state index contributed by atoms with van der Waals surface area (Å²) in [6.45, 7) is 1.89. The molecule has 2 rings (SSSR count). The number of ether oxygens (including phenoxy) is 1. The van der Waals surface area contributed by atoms with Crippen molar-refractivity contribution in [3.8, 4) is 5.75 Å². The lowest BCUT2D eigenvalue weighted by atomic mass is 10.1. The van der Waals surface area contributed by atoms with Gasteiger partial charge in [-0.15, -0.1) is 0 Å². The third-order valence-corrected chi connectivity index (χ3v) is 3.14. The number of rotatable bonds is 4. The van der Waals surface area contributed by atoms with Crippen LogP contribution in [-0.4, -0.2) is 7.11 Å². The molecule has 0 spiro atoms. The van der Waals surface area contributed by atoms with E-state index in [0.29, 0.717) is 16.3 Å². The van der Waals surface area contributed by atoms with Crippen molar-refractivity contribution in [3.05, 3.63) is 58.9 Å². The van der Waals surface area contributed by atoms with E-state index in [4.69, 9.17) is 16.3 Å². The van der Waals surface area contributed by atoms with E-state index in [1.807, 2.05) is 13.0 Å². The summed E-state index contributed by atoms with van der Waals surface area (Å²) in [5.74, 6) is 0.441. The van der Waals surface area contributed by atoms with Crippen molar-refractivity contribution in [2.24, 2.45) is 0 Å². The molecule has 0 radical (unpaired) electrons. The van der Waals surface area contributed by atoms with E-state index in [1.165, 1.54) is 6.07 Å². The number of hydrogen-bond acceptors (Lipinski definition) is 2. The van der Waals surface area contributed by atoms with Gasteiger partial charge in [-0.25, -0.2) is 4.39 Å². The Labute approximate surface area is 117 Å². The number of benzene rings is 2. The minimum atomic E-state index is -0.233. The van der Waals surface area contributed by atoms with Crippen LogP contribution >= 0.6 is 11.6 Å². The van der Waals surface area contributed by atoms with Gasteiger partial charge in [0.25, 0.3) is 0 Å². The number of nitrogens with one attached hydrogen (secondary N) is 1. The van der Waals surface area contributed by atoms with Crippen molar-refractivity contribution in [1.82, 2.24) is 0 Å². The molecule has 0 fully saturated rings. The maximum absolute atomic E-state index is 13.7. The molecule has 19 heavy (non-hydrogen) atoms. The highest BCUT2D eigenvalue weighted by atomic mass is 35.5. The van der Waals surface area contributed by atoms with Crippen molar-refractivity contribution in [2.45, 2.75) is 13.0 Å². The molecule has 2 nitrogen and oxygen atoms in total. The molecule has 2 aromatic rings. The Morgan fingerprint density at radius 3 is 2.63 bits per heavy atom. The second kappa shape index (κ2) is 5.93. The summed E-state index contributed by atoms with van der Waals surface area (Å²) in [5.41, 5.74) is 1.34. The monoisotopic (exact) mass is 279 g/mol. The van der Waals surface area contributed by atoms with Crippen LogP contribution in [0.25, 0.3) is 0 Å². The molecule has 1 N–H and O–H groups in total. The van der Waals surface area contributed by atoms with Crippen LogP contribution in [0.3, 0.4) is 0 Å². The fourth-order valence-electron chi connectivity index (χ4n) is 1.93. The molecule has 0 amide bonds. The van der Waals surface area contributed by atoms with Gasteiger partial charge in [-0.3, -0.25) is 0 Å². The molecular formula is C15H15ClFNO. The Bertz CT molecular complexity index is 574. The molecule has 100 valence electrons. The zero-order chi connectivity index (χ0) is 13.8. The normalized spacial score (nSPS) is 12.0. The van der Waals surface area contributed by atoms with Gasteiger partial charge in [0.2, 0.25) is 0 Å². The fraction of sp³-hybridized carbons (Fsp3) is 0.200. The number of hydrogen-bond donors (Lipinski definition) is 1. The molecule has 1 unspecified atom stereocenters. The van der Waals surface area contributed by atoms with E-state index in [-0.39, 0.29) is 11.9 Å². The Balaban J connectivity index is 2.26. The first kappa shape index (κ1) is 13.7. The quantitative estimate of drug-likeness (QED) is 0.879. The average molecular weight is 280 g/mol. The summed E-state index contributed by atoms with van der Waals surface area (Å²) < 4.78 is 19.0. The van der Waals surface area contributed by atoms with Crippen LogP contribution in [0.1, 0.15) is 18.5 Å². The van der Waals surface area contributed by atoms with Gasteiger partial charge < -0.3 is 10.1 Å². The van der Waals surface area contributed by atoms with E-state index >= 15 is 0 Å². The lowest BCUT2D eigenvalue weighted by molar-refractivity contribution is 0.416. The number of methoxy groups -OCH3 is 1. The van der Waals surface area contributed by atoms with Crippen LogP contribution in [0, 0.1) is 5.82 Å². The van der Waals surface area contributed by atoms with Gasteiger partial charge in [0.05, 0.1) is 18.8 Å². The number of halogens is 2. The summed E-state index contributed by atoms with van der Waals surface area (Å²) in [4.78, 5) is 0. The third-order valence-electron chi connectivity index (χ3n) is 2.91. The smallest absolute Gasteiger partial charge is 0.142 e. The van der Waals surface area contributed by atoms with Crippen LogP contribution in [-0.2, 0) is 0 Å². The summed E-state index contributed by atoms with van der Waals surface area (Å²) in [6, 6.07) is 11.8. The Morgan fingerprint density at radius 1 is 1.21 bits per heavy atom. The van der Waals surface area contributed by atoms with Gasteiger partial charge in [-0.2, -0.15) is 0 Å². The Hall–Kier alpha value is -1.74. The van der Waals surface area contributed by atoms with E-state index < -0.39 is 0 Å². The lowest BCUT2D eigenvalue weighted by Crippen LogP contribution is -2.09. The van der Waals surface area contributed by atoms with Gasteiger partial charge in [0.1, 0.15) is 11.6 Å². The standard InChI is InChI=1S/C15H15ClFNO/c1-10(12-5-3-4-6-13(12)17)18-14-9-11(16)7-8-15(14)19-2/h3-10,18H,1-2H3. The average Bonchev–Trinajstić information content (AvgIpc) is 2.39. The Kier molecular flexibility index (Phi) is 4.27. The summed E-state index contributed by atoms with van der Waals surface area (Å²) in [6.07, 6.45) is 0. The molecule has 0 aliphatic carbocycles. The summed E-state index contributed by atoms with van der Waals surface area (Å²) >= 11 is 5.96. The second-order valence-corrected chi connectivity index (χ2v) is 4.67. The van der Waals surface area contributed by atoms with Gasteiger partial charge >= 0.3 is 0 Å². The fourth-order valence-corrected chi connectivity index (χ4v) is 2.10. The van der Waals surface area contributed by atoms with E-state index in [1.54, 1.807) is 37.4 Å². The molecule has 0 saturated heterocycles. The minimum Gasteiger partial charge on any atom is -0.495 e. The van der Waals surface area contributed by atoms with Gasteiger partial charge in [-0.05, 0) is 31.2 Å². The maximum atomic E-state index is 13.7. The zero-order valence-electron chi connectivity index (χ0n) is 10.8. The van der Waals surface area contributed by atoms with Crippen molar-refractivity contribution in [2.75, 3.05) is 12.4 Å². The lowest BCUT2D eigenvalue weighted by Gasteiger charge is -2.18. The first-order valence-corrected chi connectivity index (χ1v) is 6.34. The van der Waals surface area contributed by atoms with E-state index in [0.717, 1.165) is 5.69 Å². The van der Waals surface area contributed by atoms with Gasteiger partial charge in [-0.1, -0.05) is 29.8 Å². The molecule has 0 bridgehead atoms. The highest BCUT2D eigenvalue weighted by Crippen LogP contribution is 2.31. The predicted octanol–water partition coefficient (Wildman–Crippen LogP) is 4.66. The van der Waals surface area contributed by atoms with Gasteiger partial charge in [0, 0.05) is 10.6 Å². The number of anilines is 1. The van der Waals surface area contributed by atoms with Crippen molar-refractivity contribution in [1.29, 1.82) is 0 Å². The molecule has 0 heterocycles. The maximum Gasteiger partial charge on any atom is 0.142 e. The Morgan fingerprint density at radius 2 is 1.95 bits per heavy atom. The summed E-state index contributed by atoms with van der Waals surface area (Å²) in [7, 11) is 1.59. The van der Waals surface area contributed by atoms with Crippen LogP contribution in [0.5, 0.6) is 5.75 Å². The minimum absolute atomic E-state index is 0.187. The van der Waals surface area contributed by atoms with E-state index in [2.05, 4.69) is 5.32 Å². The van der Waals surface area contributed by atoms with E-state index in [9.17, 15) is 4.39 Å². The zero-order valence-corrected chi connectivity index (χ0v) is 11.5. The van der Waals surface area contributed by atoms with Crippen LogP contribution < -0.4 is 10.1 Å². The molecule has 0 aliphatic heterocycles. The molecule has 0 aliphatic rings. The first-order valence-electron chi connectivity index (χ1n) is 5.96. The summed E-state index contributed by atoms with van der Waals surface area (Å²) in [5, 5.41) is 3.81. The van der Waals surface area contributed by atoms with Crippen molar-refractivity contribution < 1.29 is 9.13 Å². The SMILES string of the molecule is COc1ccc(Cl)cc1NC(C)c1ccccc1F. The third kappa shape index (κ3) is 3.18. The molecule has 2 aromatic carbocycles. The van der Waals surface area contributed by atoms with Gasteiger partial charge in [0.15, 0.2) is 0 Å². The molecule has 0 aromatic heterocycles. The van der Waals surface area contributed by atoms with Crippen LogP contribution in [0.4, 0.5) is 10.1 Å². The van der Waals surface area contributed by atoms with Crippen LogP contribution in [0.15, 0.2) is 42.5 Å².